The van der Waals surface area contributed by atoms with Crippen LogP contribution in [-0.4, -0.2) is 16.1 Å². The molecule has 0 fully saturated rings. The third-order valence-corrected chi connectivity index (χ3v) is 3.62. The van der Waals surface area contributed by atoms with Crippen molar-refractivity contribution in [1.82, 2.24) is 4.98 Å². The lowest BCUT2D eigenvalue weighted by Crippen LogP contribution is -1.95. The number of rotatable bonds is 3. The Balaban J connectivity index is 2.39. The number of carbonyl (C=O) groups is 1. The van der Waals surface area contributed by atoms with Gasteiger partial charge >= 0.3 is 5.97 Å². The van der Waals surface area contributed by atoms with Crippen LogP contribution in [0.1, 0.15) is 20.9 Å². The number of benzene rings is 1. The molecule has 1 heterocycles. The third kappa shape index (κ3) is 2.35. The van der Waals surface area contributed by atoms with Gasteiger partial charge in [0.25, 0.3) is 0 Å². The zero-order valence-electron chi connectivity index (χ0n) is 9.30. The van der Waals surface area contributed by atoms with Crippen LogP contribution >= 0.6 is 11.3 Å². The van der Waals surface area contributed by atoms with Crippen molar-refractivity contribution >= 4 is 17.3 Å². The fourth-order valence-corrected chi connectivity index (χ4v) is 2.41. The molecule has 0 bridgehead atoms. The maximum absolute atomic E-state index is 10.9. The SMILES string of the molecule is Cc1nc(-c2ccc(CN)cc2)sc1C(=O)O. The van der Waals surface area contributed by atoms with Crippen LogP contribution in [-0.2, 0) is 6.54 Å². The average molecular weight is 248 g/mol. The Morgan fingerprint density at radius 1 is 1.41 bits per heavy atom. The van der Waals surface area contributed by atoms with Crippen LogP contribution in [0.15, 0.2) is 24.3 Å². The van der Waals surface area contributed by atoms with E-state index in [1.54, 1.807) is 6.92 Å². The number of thiazole rings is 1. The topological polar surface area (TPSA) is 76.2 Å². The van der Waals surface area contributed by atoms with Gasteiger partial charge < -0.3 is 10.8 Å². The normalized spacial score (nSPS) is 10.5. The summed E-state index contributed by atoms with van der Waals surface area (Å²) in [4.78, 5) is 15.5. The molecule has 0 aliphatic heterocycles. The molecule has 4 nitrogen and oxygen atoms in total. The molecule has 0 saturated heterocycles. The predicted octanol–water partition coefficient (Wildman–Crippen LogP) is 2.28. The van der Waals surface area contributed by atoms with Gasteiger partial charge in [-0.05, 0) is 12.5 Å². The minimum absolute atomic E-state index is 0.294. The van der Waals surface area contributed by atoms with E-state index in [-0.39, 0.29) is 0 Å². The summed E-state index contributed by atoms with van der Waals surface area (Å²) >= 11 is 1.19. The van der Waals surface area contributed by atoms with Gasteiger partial charge in [-0.2, -0.15) is 0 Å². The van der Waals surface area contributed by atoms with E-state index in [0.717, 1.165) is 16.1 Å². The summed E-state index contributed by atoms with van der Waals surface area (Å²) in [5, 5.41) is 9.69. The van der Waals surface area contributed by atoms with E-state index in [9.17, 15) is 4.79 Å². The molecule has 0 aliphatic rings. The molecule has 1 aromatic heterocycles. The number of carboxylic acids is 1. The summed E-state index contributed by atoms with van der Waals surface area (Å²) in [7, 11) is 0. The number of nitrogens with two attached hydrogens (primary N) is 1. The Morgan fingerprint density at radius 2 is 2.06 bits per heavy atom. The number of carboxylic acid groups (broad SMARTS) is 1. The van der Waals surface area contributed by atoms with Gasteiger partial charge in [0, 0.05) is 12.1 Å². The molecule has 2 rings (SSSR count). The fourth-order valence-electron chi connectivity index (χ4n) is 1.50. The highest BCUT2D eigenvalue weighted by Gasteiger charge is 2.14. The van der Waals surface area contributed by atoms with Crippen LogP contribution in [0.4, 0.5) is 0 Å². The largest absolute Gasteiger partial charge is 0.477 e. The van der Waals surface area contributed by atoms with Crippen molar-refractivity contribution in [3.8, 4) is 10.6 Å². The molecule has 1 aromatic carbocycles. The molecule has 0 amide bonds. The average Bonchev–Trinajstić information content (AvgIpc) is 2.71. The molecule has 0 aliphatic carbocycles. The van der Waals surface area contributed by atoms with Gasteiger partial charge in [0.05, 0.1) is 5.69 Å². The predicted molar refractivity (Wildman–Crippen MR) is 67.1 cm³/mol. The van der Waals surface area contributed by atoms with Crippen LogP contribution in [0.25, 0.3) is 10.6 Å². The first kappa shape index (κ1) is 11.8. The molecule has 3 N–H and O–H groups in total. The van der Waals surface area contributed by atoms with Crippen LogP contribution < -0.4 is 5.73 Å². The second kappa shape index (κ2) is 4.65. The first-order valence-electron chi connectivity index (χ1n) is 5.12. The summed E-state index contributed by atoms with van der Waals surface area (Å²) in [6.07, 6.45) is 0. The van der Waals surface area contributed by atoms with Crippen molar-refractivity contribution in [2.24, 2.45) is 5.73 Å². The molecule has 5 heteroatoms. The molecular formula is C12H12N2O2S. The minimum atomic E-state index is -0.926. The summed E-state index contributed by atoms with van der Waals surface area (Å²) in [6.45, 7) is 2.20. The fraction of sp³-hybridized carbons (Fsp3) is 0.167. The molecule has 0 radical (unpaired) electrons. The molecule has 88 valence electrons. The molecule has 2 aromatic rings. The van der Waals surface area contributed by atoms with E-state index in [4.69, 9.17) is 10.8 Å². The monoisotopic (exact) mass is 248 g/mol. The van der Waals surface area contributed by atoms with Crippen molar-refractivity contribution in [1.29, 1.82) is 0 Å². The van der Waals surface area contributed by atoms with E-state index in [1.807, 2.05) is 24.3 Å². The Kier molecular flexibility index (Phi) is 3.21. The van der Waals surface area contributed by atoms with Crippen molar-refractivity contribution < 1.29 is 9.90 Å². The molecule has 0 unspecified atom stereocenters. The van der Waals surface area contributed by atoms with E-state index in [1.165, 1.54) is 11.3 Å². The van der Waals surface area contributed by atoms with Gasteiger partial charge in [-0.3, -0.25) is 0 Å². The molecule has 0 saturated carbocycles. The number of aryl methyl sites for hydroxylation is 1. The highest BCUT2D eigenvalue weighted by molar-refractivity contribution is 7.17. The van der Waals surface area contributed by atoms with Gasteiger partial charge in [-0.25, -0.2) is 9.78 Å². The first-order chi connectivity index (χ1) is 8.11. The summed E-state index contributed by atoms with van der Waals surface area (Å²) in [6, 6.07) is 7.66. The van der Waals surface area contributed by atoms with Crippen LogP contribution in [0, 0.1) is 6.92 Å². The quantitative estimate of drug-likeness (QED) is 0.873. The highest BCUT2D eigenvalue weighted by Crippen LogP contribution is 2.27. The van der Waals surface area contributed by atoms with Crippen LogP contribution in [0.5, 0.6) is 0 Å². The summed E-state index contributed by atoms with van der Waals surface area (Å²) in [5.41, 5.74) is 8.03. The van der Waals surface area contributed by atoms with Gasteiger partial charge in [0.1, 0.15) is 9.88 Å². The van der Waals surface area contributed by atoms with Crippen molar-refractivity contribution in [3.05, 3.63) is 40.4 Å². The number of nitrogens with zero attached hydrogens (tertiary/aromatic N) is 1. The van der Waals surface area contributed by atoms with Crippen molar-refractivity contribution in [2.45, 2.75) is 13.5 Å². The third-order valence-electron chi connectivity index (χ3n) is 2.43. The van der Waals surface area contributed by atoms with Gasteiger partial charge in [0.15, 0.2) is 0 Å². The van der Waals surface area contributed by atoms with Crippen molar-refractivity contribution in [3.63, 3.8) is 0 Å². The maximum atomic E-state index is 10.9. The molecule has 0 atom stereocenters. The second-order valence-corrected chi connectivity index (χ2v) is 4.64. The van der Waals surface area contributed by atoms with E-state index < -0.39 is 5.97 Å². The lowest BCUT2D eigenvalue weighted by Gasteiger charge is -1.98. The minimum Gasteiger partial charge on any atom is -0.477 e. The van der Waals surface area contributed by atoms with Crippen LogP contribution in [0.3, 0.4) is 0 Å². The number of hydrogen-bond donors (Lipinski definition) is 2. The van der Waals surface area contributed by atoms with Gasteiger partial charge in [-0.15, -0.1) is 11.3 Å². The van der Waals surface area contributed by atoms with Crippen molar-refractivity contribution in [2.75, 3.05) is 0 Å². The summed E-state index contributed by atoms with van der Waals surface area (Å²) < 4.78 is 0. The maximum Gasteiger partial charge on any atom is 0.347 e. The number of hydrogen-bond acceptors (Lipinski definition) is 4. The van der Waals surface area contributed by atoms with Gasteiger partial charge in [-0.1, -0.05) is 24.3 Å². The lowest BCUT2D eigenvalue weighted by molar-refractivity contribution is 0.0701. The molecule has 17 heavy (non-hydrogen) atoms. The van der Waals surface area contributed by atoms with Gasteiger partial charge in [0.2, 0.25) is 0 Å². The second-order valence-electron chi connectivity index (χ2n) is 3.64. The Labute approximate surface area is 103 Å². The zero-order valence-corrected chi connectivity index (χ0v) is 10.1. The van der Waals surface area contributed by atoms with E-state index in [0.29, 0.717) is 17.1 Å². The zero-order chi connectivity index (χ0) is 12.4. The number of aromatic nitrogens is 1. The smallest absolute Gasteiger partial charge is 0.347 e. The highest BCUT2D eigenvalue weighted by atomic mass is 32.1. The standard InChI is InChI=1S/C12H12N2O2S/c1-7-10(12(15)16)17-11(14-7)9-4-2-8(6-13)3-5-9/h2-5H,6,13H2,1H3,(H,15,16). The lowest BCUT2D eigenvalue weighted by atomic mass is 10.1. The first-order valence-corrected chi connectivity index (χ1v) is 5.93. The van der Waals surface area contributed by atoms with E-state index >= 15 is 0 Å². The van der Waals surface area contributed by atoms with Crippen LogP contribution in [0.2, 0.25) is 0 Å². The van der Waals surface area contributed by atoms with E-state index in [2.05, 4.69) is 4.98 Å². The number of aromatic carboxylic acids is 1. The Morgan fingerprint density at radius 3 is 2.53 bits per heavy atom. The Hall–Kier alpha value is -1.72. The molecule has 0 spiro atoms. The summed E-state index contributed by atoms with van der Waals surface area (Å²) in [5.74, 6) is -0.926. The molecular weight excluding hydrogens is 236 g/mol. The Bertz CT molecular complexity index is 546.